The average Bonchev–Trinajstić information content (AvgIpc) is 3.15. The van der Waals surface area contributed by atoms with Crippen LogP contribution in [0.3, 0.4) is 0 Å². The van der Waals surface area contributed by atoms with Crippen molar-refractivity contribution in [2.24, 2.45) is 0 Å². The molecule has 3 aromatic rings. The number of para-hydroxylation sites is 2. The molecule has 0 bridgehead atoms. The van der Waals surface area contributed by atoms with Gasteiger partial charge in [0.1, 0.15) is 0 Å². The lowest BCUT2D eigenvalue weighted by molar-refractivity contribution is 0.174. The number of carbonyl (C=O) groups excluding carboxylic acids is 1. The number of amides is 2. The predicted molar refractivity (Wildman–Crippen MR) is 124 cm³/mol. The Labute approximate surface area is 186 Å². The van der Waals surface area contributed by atoms with Crippen molar-refractivity contribution in [1.82, 2.24) is 4.90 Å². The molecule has 1 fully saturated rings. The first-order valence-electron chi connectivity index (χ1n) is 10.5. The molecule has 2 aliphatic rings. The Bertz CT molecular complexity index is 1010. The van der Waals surface area contributed by atoms with Gasteiger partial charge in [-0.05, 0) is 48.4 Å². The van der Waals surface area contributed by atoms with E-state index >= 15 is 0 Å². The van der Waals surface area contributed by atoms with Crippen LogP contribution in [0.15, 0.2) is 78.9 Å². The Morgan fingerprint density at radius 2 is 1.55 bits per heavy atom. The van der Waals surface area contributed by atoms with E-state index in [2.05, 4.69) is 12.1 Å². The maximum atomic E-state index is 13.7. The van der Waals surface area contributed by atoms with Gasteiger partial charge in [0.05, 0.1) is 11.4 Å². The molecule has 1 atom stereocenters. The number of rotatable bonds is 3. The number of carbonyl (C=O) groups is 1. The molecule has 0 saturated carbocycles. The van der Waals surface area contributed by atoms with Crippen molar-refractivity contribution in [1.29, 1.82) is 0 Å². The van der Waals surface area contributed by atoms with E-state index in [1.165, 1.54) is 5.56 Å². The zero-order valence-electron chi connectivity index (χ0n) is 17.1. The third kappa shape index (κ3) is 4.21. The number of thioether (sulfide) groups is 1. The van der Waals surface area contributed by atoms with E-state index in [0.717, 1.165) is 41.6 Å². The van der Waals surface area contributed by atoms with Gasteiger partial charge in [0.15, 0.2) is 11.5 Å². The molecular weight excluding hydrogens is 408 g/mol. The summed E-state index contributed by atoms with van der Waals surface area (Å²) in [6.07, 6.45) is 0.896. The normalized spacial score (nSPS) is 17.8. The highest BCUT2D eigenvalue weighted by atomic mass is 32.2. The maximum Gasteiger partial charge on any atom is 0.329 e. The molecule has 0 aromatic heterocycles. The first kappa shape index (κ1) is 19.8. The van der Waals surface area contributed by atoms with Crippen molar-refractivity contribution in [2.45, 2.75) is 11.7 Å². The van der Waals surface area contributed by atoms with Crippen LogP contribution in [-0.2, 0) is 0 Å². The third-order valence-corrected chi connectivity index (χ3v) is 6.93. The van der Waals surface area contributed by atoms with Crippen molar-refractivity contribution >= 4 is 29.2 Å². The van der Waals surface area contributed by atoms with Gasteiger partial charge in [0.2, 0.25) is 6.79 Å². The van der Waals surface area contributed by atoms with E-state index in [9.17, 15) is 4.79 Å². The molecule has 158 valence electrons. The van der Waals surface area contributed by atoms with Crippen LogP contribution in [-0.4, -0.2) is 36.6 Å². The van der Waals surface area contributed by atoms with Crippen LogP contribution in [0.2, 0.25) is 0 Å². The van der Waals surface area contributed by atoms with Gasteiger partial charge in [-0.1, -0.05) is 42.5 Å². The molecule has 6 heteroatoms. The number of nitrogens with zero attached hydrogens (tertiary/aromatic N) is 2. The zero-order valence-corrected chi connectivity index (χ0v) is 18.0. The third-order valence-electron chi connectivity index (χ3n) is 5.60. The lowest BCUT2D eigenvalue weighted by atomic mass is 10.1. The average molecular weight is 433 g/mol. The first-order valence-corrected chi connectivity index (χ1v) is 11.5. The van der Waals surface area contributed by atoms with E-state index < -0.39 is 0 Å². The molecule has 0 aliphatic carbocycles. The second kappa shape index (κ2) is 8.94. The van der Waals surface area contributed by atoms with Crippen LogP contribution in [0.4, 0.5) is 16.2 Å². The number of hydrogen-bond donors (Lipinski definition) is 0. The molecule has 0 spiro atoms. The van der Waals surface area contributed by atoms with Gasteiger partial charge in [0.25, 0.3) is 0 Å². The lowest BCUT2D eigenvalue weighted by Gasteiger charge is -2.30. The molecular formula is C25H24N2O3S. The Morgan fingerprint density at radius 3 is 2.26 bits per heavy atom. The number of hydrogen-bond acceptors (Lipinski definition) is 4. The summed E-state index contributed by atoms with van der Waals surface area (Å²) in [4.78, 5) is 17.4. The molecule has 31 heavy (non-hydrogen) atoms. The summed E-state index contributed by atoms with van der Waals surface area (Å²) in [5, 5.41) is 0.328. The van der Waals surface area contributed by atoms with Gasteiger partial charge in [-0.15, -0.1) is 0 Å². The summed E-state index contributed by atoms with van der Waals surface area (Å²) in [6, 6.07) is 25.9. The Balaban J connectivity index is 1.35. The van der Waals surface area contributed by atoms with E-state index in [0.29, 0.717) is 11.8 Å². The SMILES string of the molecule is O=C(N1CCSC(c2ccc3c(c2)OCO3)CC1)N(c1ccccc1)c1ccccc1. The van der Waals surface area contributed by atoms with Crippen LogP contribution < -0.4 is 14.4 Å². The molecule has 3 aromatic carbocycles. The summed E-state index contributed by atoms with van der Waals surface area (Å²) in [6.45, 7) is 1.72. The van der Waals surface area contributed by atoms with Crippen LogP contribution >= 0.6 is 11.8 Å². The highest BCUT2D eigenvalue weighted by Crippen LogP contribution is 2.40. The highest BCUT2D eigenvalue weighted by molar-refractivity contribution is 7.99. The minimum absolute atomic E-state index is 0.0179. The molecule has 2 heterocycles. The van der Waals surface area contributed by atoms with Gasteiger partial charge in [-0.3, -0.25) is 4.90 Å². The number of fused-ring (bicyclic) bond motifs is 1. The van der Waals surface area contributed by atoms with E-state index in [4.69, 9.17) is 9.47 Å². The lowest BCUT2D eigenvalue weighted by Crippen LogP contribution is -2.42. The topological polar surface area (TPSA) is 42.0 Å². The summed E-state index contributed by atoms with van der Waals surface area (Å²) < 4.78 is 11.0. The smallest absolute Gasteiger partial charge is 0.329 e. The van der Waals surface area contributed by atoms with Gasteiger partial charge in [-0.2, -0.15) is 11.8 Å². The minimum Gasteiger partial charge on any atom is -0.454 e. The van der Waals surface area contributed by atoms with Crippen molar-refractivity contribution in [3.05, 3.63) is 84.4 Å². The highest BCUT2D eigenvalue weighted by Gasteiger charge is 2.28. The Morgan fingerprint density at radius 1 is 0.871 bits per heavy atom. The fraction of sp³-hybridized carbons (Fsp3) is 0.240. The van der Waals surface area contributed by atoms with Gasteiger partial charge >= 0.3 is 6.03 Å². The molecule has 2 amide bonds. The van der Waals surface area contributed by atoms with Crippen molar-refractivity contribution < 1.29 is 14.3 Å². The fourth-order valence-corrected chi connectivity index (χ4v) is 5.23. The molecule has 1 unspecified atom stereocenters. The minimum atomic E-state index is 0.0179. The summed E-state index contributed by atoms with van der Waals surface area (Å²) in [5.74, 6) is 2.51. The molecule has 2 aliphatic heterocycles. The van der Waals surface area contributed by atoms with E-state index in [-0.39, 0.29) is 12.8 Å². The number of ether oxygens (including phenoxy) is 2. The largest absolute Gasteiger partial charge is 0.454 e. The van der Waals surface area contributed by atoms with Gasteiger partial charge in [0, 0.05) is 24.1 Å². The predicted octanol–water partition coefficient (Wildman–Crippen LogP) is 5.85. The Kier molecular flexibility index (Phi) is 5.71. The monoisotopic (exact) mass is 432 g/mol. The van der Waals surface area contributed by atoms with Crippen molar-refractivity contribution in [2.75, 3.05) is 30.5 Å². The second-order valence-corrected chi connectivity index (χ2v) is 8.85. The summed E-state index contributed by atoms with van der Waals surface area (Å²) in [7, 11) is 0. The Hall–Kier alpha value is -3.12. The molecule has 5 rings (SSSR count). The zero-order chi connectivity index (χ0) is 21.0. The van der Waals surface area contributed by atoms with Crippen molar-refractivity contribution in [3.63, 3.8) is 0 Å². The molecule has 1 saturated heterocycles. The second-order valence-electron chi connectivity index (χ2n) is 7.54. The number of urea groups is 1. The summed E-state index contributed by atoms with van der Waals surface area (Å²) in [5.41, 5.74) is 2.98. The first-order chi connectivity index (χ1) is 15.3. The van der Waals surface area contributed by atoms with Crippen LogP contribution in [0.25, 0.3) is 0 Å². The number of anilines is 2. The standard InChI is InChI=1S/C25H24N2O3S/c28-25(27(20-7-3-1-4-8-20)21-9-5-2-6-10-21)26-14-13-24(31-16-15-26)19-11-12-22-23(17-19)30-18-29-22/h1-12,17,24H,13-16,18H2. The van der Waals surface area contributed by atoms with Gasteiger partial charge in [-0.25, -0.2) is 4.79 Å². The van der Waals surface area contributed by atoms with E-state index in [1.54, 1.807) is 0 Å². The fourth-order valence-electron chi connectivity index (χ4n) is 4.01. The molecule has 0 radical (unpaired) electrons. The van der Waals surface area contributed by atoms with Crippen molar-refractivity contribution in [3.8, 4) is 11.5 Å². The van der Waals surface area contributed by atoms with Crippen LogP contribution in [0.1, 0.15) is 17.2 Å². The maximum absolute atomic E-state index is 13.7. The quantitative estimate of drug-likeness (QED) is 0.520. The van der Waals surface area contributed by atoms with Crippen LogP contribution in [0, 0.1) is 0 Å². The molecule has 5 nitrogen and oxygen atoms in total. The van der Waals surface area contributed by atoms with Gasteiger partial charge < -0.3 is 14.4 Å². The van der Waals surface area contributed by atoms with E-state index in [1.807, 2.05) is 88.3 Å². The molecule has 0 N–H and O–H groups in total. The van der Waals surface area contributed by atoms with Crippen LogP contribution in [0.5, 0.6) is 11.5 Å². The number of benzene rings is 3. The summed E-state index contributed by atoms with van der Waals surface area (Å²) >= 11 is 1.90.